The molecule has 3 atom stereocenters. The van der Waals surface area contributed by atoms with Crippen molar-refractivity contribution in [3.63, 3.8) is 0 Å². The van der Waals surface area contributed by atoms with Gasteiger partial charge in [-0.25, -0.2) is 0 Å². The first kappa shape index (κ1) is 16.4. The lowest BCUT2D eigenvalue weighted by molar-refractivity contribution is -0.134. The van der Waals surface area contributed by atoms with Gasteiger partial charge < -0.3 is 4.90 Å². The molecule has 1 fully saturated rings. The molecule has 1 aromatic carbocycles. The zero-order chi connectivity index (χ0) is 16.2. The molecule has 22 heavy (non-hydrogen) atoms. The van der Waals surface area contributed by atoms with Crippen molar-refractivity contribution in [2.75, 3.05) is 13.1 Å². The molecule has 0 radical (unpaired) electrons. The first-order chi connectivity index (χ1) is 10.6. The molecule has 1 aliphatic rings. The molecule has 0 saturated heterocycles. The first-order valence-electron chi connectivity index (χ1n) is 8.04. The summed E-state index contributed by atoms with van der Waals surface area (Å²) in [5.41, 5.74) is 9.32. The van der Waals surface area contributed by atoms with E-state index in [-0.39, 0.29) is 17.9 Å². The van der Waals surface area contributed by atoms with Crippen LogP contribution in [0.3, 0.4) is 0 Å². The second-order valence-corrected chi connectivity index (χ2v) is 5.81. The van der Waals surface area contributed by atoms with Crippen LogP contribution in [-0.2, 0) is 10.2 Å². The highest BCUT2D eigenvalue weighted by atomic mass is 16.2. The number of rotatable bonds is 7. The van der Waals surface area contributed by atoms with Gasteiger partial charge in [-0.05, 0) is 43.7 Å². The fourth-order valence-electron chi connectivity index (χ4n) is 3.50. The summed E-state index contributed by atoms with van der Waals surface area (Å²) in [5.74, 6) is 0.268. The van der Waals surface area contributed by atoms with Gasteiger partial charge >= 0.3 is 0 Å². The number of nitrogens with zero attached hydrogens (tertiary/aromatic N) is 4. The largest absolute Gasteiger partial charge is 0.342 e. The van der Waals surface area contributed by atoms with Gasteiger partial charge in [-0.15, -0.1) is 0 Å². The lowest BCUT2D eigenvalue weighted by Gasteiger charge is -2.27. The number of benzene rings is 1. The van der Waals surface area contributed by atoms with Crippen LogP contribution in [0, 0.1) is 5.92 Å². The molecule has 2 rings (SSSR count). The van der Waals surface area contributed by atoms with E-state index in [1.807, 2.05) is 56.0 Å². The Hall–Kier alpha value is -2.00. The molecule has 1 aliphatic carbocycles. The Bertz CT molecular complexity index is 563. The predicted octanol–water partition coefficient (Wildman–Crippen LogP) is 3.90. The van der Waals surface area contributed by atoms with E-state index in [0.717, 1.165) is 18.4 Å². The minimum Gasteiger partial charge on any atom is -0.342 e. The zero-order valence-electron chi connectivity index (χ0n) is 13.6. The van der Waals surface area contributed by atoms with E-state index < -0.39 is 5.41 Å². The van der Waals surface area contributed by atoms with Gasteiger partial charge in [0.1, 0.15) is 0 Å². The smallest absolute Gasteiger partial charge is 0.233 e. The van der Waals surface area contributed by atoms with E-state index >= 15 is 0 Å². The number of azide groups is 1. The van der Waals surface area contributed by atoms with Gasteiger partial charge in [0, 0.05) is 24.0 Å². The molecule has 0 N–H and O–H groups in total. The van der Waals surface area contributed by atoms with E-state index in [1.165, 1.54) is 0 Å². The van der Waals surface area contributed by atoms with E-state index in [2.05, 4.69) is 10.0 Å². The highest BCUT2D eigenvalue weighted by molar-refractivity contribution is 5.92. The minimum absolute atomic E-state index is 0.101. The summed E-state index contributed by atoms with van der Waals surface area (Å²) < 4.78 is 0. The average molecular weight is 300 g/mol. The molecule has 1 saturated carbocycles. The average Bonchev–Trinajstić information content (AvgIpc) is 3.31. The van der Waals surface area contributed by atoms with Crippen molar-refractivity contribution in [2.24, 2.45) is 11.0 Å². The van der Waals surface area contributed by atoms with Crippen molar-refractivity contribution in [3.05, 3.63) is 46.3 Å². The molecular weight excluding hydrogens is 276 g/mol. The van der Waals surface area contributed by atoms with Crippen LogP contribution in [0.1, 0.15) is 39.2 Å². The van der Waals surface area contributed by atoms with E-state index in [4.69, 9.17) is 5.53 Å². The molecular formula is C17H24N4O. The summed E-state index contributed by atoms with van der Waals surface area (Å²) in [6.45, 7) is 7.42. The van der Waals surface area contributed by atoms with Crippen molar-refractivity contribution in [2.45, 2.75) is 45.1 Å². The fourth-order valence-corrected chi connectivity index (χ4v) is 3.50. The molecule has 0 aliphatic heterocycles. The minimum atomic E-state index is -0.512. The molecule has 118 valence electrons. The van der Waals surface area contributed by atoms with Crippen molar-refractivity contribution in [1.82, 2.24) is 4.90 Å². The highest BCUT2D eigenvalue weighted by Crippen LogP contribution is 2.58. The van der Waals surface area contributed by atoms with Crippen LogP contribution in [0.15, 0.2) is 35.4 Å². The third kappa shape index (κ3) is 2.69. The summed E-state index contributed by atoms with van der Waals surface area (Å²) in [7, 11) is 0. The topological polar surface area (TPSA) is 69.1 Å². The fraction of sp³-hybridized carbons (Fsp3) is 0.588. The van der Waals surface area contributed by atoms with Gasteiger partial charge in [-0.3, -0.25) is 4.79 Å². The molecule has 1 amide bonds. The SMILES string of the molecule is CCC(N=[N+]=[N-])[C@@H]1C[C@@]1(C(=O)N(CC)CC)c1ccccc1. The maximum atomic E-state index is 13.1. The van der Waals surface area contributed by atoms with Crippen molar-refractivity contribution in [3.8, 4) is 0 Å². The Morgan fingerprint density at radius 1 is 1.36 bits per heavy atom. The summed E-state index contributed by atoms with van der Waals surface area (Å²) in [6.07, 6.45) is 1.53. The van der Waals surface area contributed by atoms with Crippen LogP contribution >= 0.6 is 0 Å². The first-order valence-corrected chi connectivity index (χ1v) is 8.04. The summed E-state index contributed by atoms with van der Waals surface area (Å²) >= 11 is 0. The van der Waals surface area contributed by atoms with Crippen molar-refractivity contribution >= 4 is 5.91 Å². The third-order valence-corrected chi connectivity index (χ3v) is 4.82. The normalized spacial score (nSPS) is 24.2. The van der Waals surface area contributed by atoms with E-state index in [0.29, 0.717) is 13.1 Å². The zero-order valence-corrected chi connectivity index (χ0v) is 13.6. The van der Waals surface area contributed by atoms with Gasteiger partial charge in [-0.2, -0.15) is 0 Å². The monoisotopic (exact) mass is 300 g/mol. The Kier molecular flexibility index (Phi) is 5.09. The molecule has 1 aromatic rings. The number of hydrogen-bond acceptors (Lipinski definition) is 2. The standard InChI is InChI=1S/C17H24N4O/c1-4-15(19-20-18)14-12-17(14,13-10-8-7-9-11-13)16(22)21(5-2)6-3/h7-11,14-15H,4-6,12H2,1-3H3/t14-,15?,17+/m0/s1. The van der Waals surface area contributed by atoms with E-state index in [1.54, 1.807) is 0 Å². The van der Waals surface area contributed by atoms with Crippen LogP contribution in [0.2, 0.25) is 0 Å². The maximum absolute atomic E-state index is 13.1. The predicted molar refractivity (Wildman–Crippen MR) is 87.4 cm³/mol. The maximum Gasteiger partial charge on any atom is 0.233 e. The summed E-state index contributed by atoms with van der Waals surface area (Å²) in [6, 6.07) is 9.81. The molecule has 5 heteroatoms. The molecule has 0 heterocycles. The molecule has 5 nitrogen and oxygen atoms in total. The summed E-state index contributed by atoms with van der Waals surface area (Å²) in [4.78, 5) is 18.0. The molecule has 0 spiro atoms. The second-order valence-electron chi connectivity index (χ2n) is 5.81. The van der Waals surface area contributed by atoms with E-state index in [9.17, 15) is 4.79 Å². The Morgan fingerprint density at radius 3 is 2.50 bits per heavy atom. The van der Waals surface area contributed by atoms with Gasteiger partial charge in [0.15, 0.2) is 0 Å². The molecule has 0 aromatic heterocycles. The Morgan fingerprint density at radius 2 is 2.00 bits per heavy atom. The van der Waals surface area contributed by atoms with Crippen LogP contribution in [0.25, 0.3) is 10.4 Å². The Balaban J connectivity index is 2.41. The number of likely N-dealkylation sites (N-methyl/N-ethyl adjacent to an activating group) is 1. The quantitative estimate of drug-likeness (QED) is 0.427. The lowest BCUT2D eigenvalue weighted by Crippen LogP contribution is -2.41. The van der Waals surface area contributed by atoms with Gasteiger partial charge in [0.25, 0.3) is 0 Å². The van der Waals surface area contributed by atoms with Crippen LogP contribution in [-0.4, -0.2) is 29.9 Å². The third-order valence-electron chi connectivity index (χ3n) is 4.82. The van der Waals surface area contributed by atoms with Crippen LogP contribution < -0.4 is 0 Å². The Labute approximate surface area is 131 Å². The van der Waals surface area contributed by atoms with Gasteiger partial charge in [-0.1, -0.05) is 42.4 Å². The van der Waals surface area contributed by atoms with Crippen LogP contribution in [0.4, 0.5) is 0 Å². The van der Waals surface area contributed by atoms with Crippen molar-refractivity contribution < 1.29 is 4.79 Å². The van der Waals surface area contributed by atoms with Gasteiger partial charge in [0.2, 0.25) is 5.91 Å². The van der Waals surface area contributed by atoms with Crippen LogP contribution in [0.5, 0.6) is 0 Å². The molecule has 0 bridgehead atoms. The lowest BCUT2D eigenvalue weighted by atomic mass is 9.88. The molecule has 1 unspecified atom stereocenters. The number of carbonyl (C=O) groups is 1. The van der Waals surface area contributed by atoms with Crippen molar-refractivity contribution in [1.29, 1.82) is 0 Å². The van der Waals surface area contributed by atoms with Gasteiger partial charge in [0.05, 0.1) is 5.41 Å². The number of amides is 1. The number of hydrogen-bond donors (Lipinski definition) is 0. The highest BCUT2D eigenvalue weighted by Gasteiger charge is 2.63. The number of carbonyl (C=O) groups excluding carboxylic acids is 1. The summed E-state index contributed by atoms with van der Waals surface area (Å²) in [5, 5.41) is 3.93. The second kappa shape index (κ2) is 6.84.